The maximum atomic E-state index is 11.4. The highest BCUT2D eigenvalue weighted by Crippen LogP contribution is 2.22. The minimum Gasteiger partial charge on any atom is -0.489 e. The third kappa shape index (κ3) is 4.06. The van der Waals surface area contributed by atoms with Crippen LogP contribution in [0, 0.1) is 0 Å². The van der Waals surface area contributed by atoms with Gasteiger partial charge in [0, 0.05) is 10.0 Å². The molecular weight excluding hydrogens is 336 g/mol. The number of aliphatic hydroxyl groups is 1. The van der Waals surface area contributed by atoms with E-state index >= 15 is 0 Å². The van der Waals surface area contributed by atoms with Crippen molar-refractivity contribution in [2.45, 2.75) is 13.2 Å². The molecule has 5 heteroatoms. The van der Waals surface area contributed by atoms with Crippen LogP contribution < -0.4 is 4.74 Å². The molecular formula is C16H15BrO4. The van der Waals surface area contributed by atoms with Gasteiger partial charge in [-0.15, -0.1) is 0 Å². The van der Waals surface area contributed by atoms with Gasteiger partial charge in [0.25, 0.3) is 0 Å². The van der Waals surface area contributed by atoms with E-state index < -0.39 is 0 Å². The fourth-order valence-corrected chi connectivity index (χ4v) is 2.30. The Bertz CT molecular complexity index is 640. The van der Waals surface area contributed by atoms with E-state index in [-0.39, 0.29) is 12.6 Å². The minimum absolute atomic E-state index is 0.0191. The SMILES string of the molecule is COC(=O)c1ccc(COc2cccc(CO)c2)c(Br)c1. The van der Waals surface area contributed by atoms with Crippen LogP contribution in [0.2, 0.25) is 0 Å². The molecule has 2 aromatic rings. The van der Waals surface area contributed by atoms with Crippen molar-refractivity contribution in [2.24, 2.45) is 0 Å². The van der Waals surface area contributed by atoms with Gasteiger partial charge in [-0.2, -0.15) is 0 Å². The maximum absolute atomic E-state index is 11.4. The third-order valence-electron chi connectivity index (χ3n) is 2.95. The fourth-order valence-electron chi connectivity index (χ4n) is 1.80. The summed E-state index contributed by atoms with van der Waals surface area (Å²) in [6, 6.07) is 12.5. The molecule has 0 heterocycles. The van der Waals surface area contributed by atoms with Crippen molar-refractivity contribution in [1.82, 2.24) is 0 Å². The molecule has 0 saturated heterocycles. The van der Waals surface area contributed by atoms with Gasteiger partial charge in [-0.1, -0.05) is 34.1 Å². The summed E-state index contributed by atoms with van der Waals surface area (Å²) in [4.78, 5) is 11.4. The Morgan fingerprint density at radius 1 is 1.24 bits per heavy atom. The largest absolute Gasteiger partial charge is 0.489 e. The van der Waals surface area contributed by atoms with Gasteiger partial charge in [0.15, 0.2) is 0 Å². The van der Waals surface area contributed by atoms with E-state index in [1.54, 1.807) is 18.2 Å². The number of carbonyl (C=O) groups excluding carboxylic acids is 1. The summed E-state index contributed by atoms with van der Waals surface area (Å²) in [6.45, 7) is 0.339. The predicted molar refractivity (Wildman–Crippen MR) is 82.2 cm³/mol. The fraction of sp³-hybridized carbons (Fsp3) is 0.188. The van der Waals surface area contributed by atoms with E-state index in [1.165, 1.54) is 7.11 Å². The Hall–Kier alpha value is -1.85. The zero-order chi connectivity index (χ0) is 15.2. The molecule has 0 aromatic heterocycles. The van der Waals surface area contributed by atoms with Crippen LogP contribution in [0.3, 0.4) is 0 Å². The highest BCUT2D eigenvalue weighted by Gasteiger charge is 2.09. The first kappa shape index (κ1) is 15.5. The minimum atomic E-state index is -0.376. The van der Waals surface area contributed by atoms with E-state index in [9.17, 15) is 4.79 Å². The quantitative estimate of drug-likeness (QED) is 0.840. The maximum Gasteiger partial charge on any atom is 0.337 e. The number of benzene rings is 2. The lowest BCUT2D eigenvalue weighted by atomic mass is 10.1. The number of esters is 1. The van der Waals surface area contributed by atoms with Crippen molar-refractivity contribution in [3.8, 4) is 5.75 Å². The second-order valence-corrected chi connectivity index (χ2v) is 5.25. The van der Waals surface area contributed by atoms with Gasteiger partial charge in [-0.05, 0) is 29.8 Å². The summed E-state index contributed by atoms with van der Waals surface area (Å²) in [6.07, 6.45) is 0. The lowest BCUT2D eigenvalue weighted by Crippen LogP contribution is -2.03. The molecule has 0 saturated carbocycles. The zero-order valence-corrected chi connectivity index (χ0v) is 13.1. The molecule has 110 valence electrons. The lowest BCUT2D eigenvalue weighted by molar-refractivity contribution is 0.0600. The Kier molecular flexibility index (Phi) is 5.36. The Morgan fingerprint density at radius 3 is 2.71 bits per heavy atom. The number of carbonyl (C=O) groups is 1. The molecule has 1 N–H and O–H groups in total. The molecule has 0 spiro atoms. The second kappa shape index (κ2) is 7.24. The Balaban J connectivity index is 2.07. The van der Waals surface area contributed by atoms with Gasteiger partial charge in [-0.3, -0.25) is 0 Å². The number of methoxy groups -OCH3 is 1. The number of ether oxygens (including phenoxy) is 2. The predicted octanol–water partition coefficient (Wildman–Crippen LogP) is 3.31. The molecule has 0 aliphatic rings. The molecule has 21 heavy (non-hydrogen) atoms. The molecule has 0 aliphatic carbocycles. The van der Waals surface area contributed by atoms with Crippen molar-refractivity contribution in [2.75, 3.05) is 7.11 Å². The summed E-state index contributed by atoms with van der Waals surface area (Å²) in [5, 5.41) is 9.09. The molecule has 0 radical (unpaired) electrons. The topological polar surface area (TPSA) is 55.8 Å². The van der Waals surface area contributed by atoms with Crippen LogP contribution in [-0.4, -0.2) is 18.2 Å². The van der Waals surface area contributed by atoms with Gasteiger partial charge < -0.3 is 14.6 Å². The lowest BCUT2D eigenvalue weighted by Gasteiger charge is -2.10. The van der Waals surface area contributed by atoms with Crippen molar-refractivity contribution in [3.63, 3.8) is 0 Å². The van der Waals surface area contributed by atoms with E-state index in [0.29, 0.717) is 17.9 Å². The van der Waals surface area contributed by atoms with Gasteiger partial charge in [-0.25, -0.2) is 4.79 Å². The average molecular weight is 351 g/mol. The molecule has 0 unspecified atom stereocenters. The van der Waals surface area contributed by atoms with Gasteiger partial charge in [0.05, 0.1) is 19.3 Å². The van der Waals surface area contributed by atoms with E-state index in [4.69, 9.17) is 9.84 Å². The first-order valence-electron chi connectivity index (χ1n) is 6.33. The summed E-state index contributed by atoms with van der Waals surface area (Å²) < 4.78 is 11.1. The van der Waals surface area contributed by atoms with Crippen LogP contribution in [0.25, 0.3) is 0 Å². The van der Waals surface area contributed by atoms with Crippen LogP contribution in [0.1, 0.15) is 21.5 Å². The number of halogens is 1. The monoisotopic (exact) mass is 350 g/mol. The van der Waals surface area contributed by atoms with Gasteiger partial charge in [0.1, 0.15) is 12.4 Å². The van der Waals surface area contributed by atoms with E-state index in [1.807, 2.05) is 24.3 Å². The number of hydrogen-bond donors (Lipinski definition) is 1. The molecule has 4 nitrogen and oxygen atoms in total. The van der Waals surface area contributed by atoms with Crippen LogP contribution in [0.5, 0.6) is 5.75 Å². The third-order valence-corrected chi connectivity index (χ3v) is 3.69. The van der Waals surface area contributed by atoms with Crippen LogP contribution in [0.15, 0.2) is 46.9 Å². The zero-order valence-electron chi connectivity index (χ0n) is 11.5. The molecule has 0 aliphatic heterocycles. The van der Waals surface area contributed by atoms with Crippen molar-refractivity contribution < 1.29 is 19.4 Å². The van der Waals surface area contributed by atoms with Gasteiger partial charge >= 0.3 is 5.97 Å². The number of rotatable bonds is 5. The molecule has 0 fully saturated rings. The summed E-state index contributed by atoms with van der Waals surface area (Å²) in [5.41, 5.74) is 2.19. The van der Waals surface area contributed by atoms with Crippen molar-refractivity contribution in [3.05, 3.63) is 63.6 Å². The molecule has 0 bridgehead atoms. The van der Waals surface area contributed by atoms with Crippen molar-refractivity contribution in [1.29, 1.82) is 0 Å². The molecule has 0 amide bonds. The number of hydrogen-bond acceptors (Lipinski definition) is 4. The second-order valence-electron chi connectivity index (χ2n) is 4.39. The highest BCUT2D eigenvalue weighted by atomic mass is 79.9. The average Bonchev–Trinajstić information content (AvgIpc) is 2.53. The Morgan fingerprint density at radius 2 is 2.05 bits per heavy atom. The smallest absolute Gasteiger partial charge is 0.337 e. The Labute approximate surface area is 131 Å². The van der Waals surface area contributed by atoms with Crippen molar-refractivity contribution >= 4 is 21.9 Å². The highest BCUT2D eigenvalue weighted by molar-refractivity contribution is 9.10. The molecule has 2 rings (SSSR count). The first-order valence-corrected chi connectivity index (χ1v) is 7.12. The van der Waals surface area contributed by atoms with Crippen LogP contribution >= 0.6 is 15.9 Å². The summed E-state index contributed by atoms with van der Waals surface area (Å²) in [7, 11) is 1.35. The first-order chi connectivity index (χ1) is 10.1. The normalized spacial score (nSPS) is 10.2. The molecule has 0 atom stereocenters. The van der Waals surface area contributed by atoms with E-state index in [2.05, 4.69) is 20.7 Å². The standard InChI is InChI=1S/C16H15BrO4/c1-20-16(19)12-5-6-13(15(17)8-12)10-21-14-4-2-3-11(7-14)9-18/h2-8,18H,9-10H2,1H3. The van der Waals surface area contributed by atoms with Crippen LogP contribution in [0.4, 0.5) is 0 Å². The summed E-state index contributed by atoms with van der Waals surface area (Å²) in [5.74, 6) is 0.310. The van der Waals surface area contributed by atoms with Crippen LogP contribution in [-0.2, 0) is 18.0 Å². The van der Waals surface area contributed by atoms with Gasteiger partial charge in [0.2, 0.25) is 0 Å². The molecule has 2 aromatic carbocycles. The number of aliphatic hydroxyl groups excluding tert-OH is 1. The summed E-state index contributed by atoms with van der Waals surface area (Å²) >= 11 is 3.42. The van der Waals surface area contributed by atoms with E-state index in [0.717, 1.165) is 15.6 Å².